The molecule has 2 aromatic rings. The number of fused-ring (bicyclic) bond motifs is 1. The Morgan fingerprint density at radius 1 is 1.10 bits per heavy atom. The Balaban J connectivity index is 1.92. The Kier molecular flexibility index (Phi) is 5.72. The molecule has 0 saturated heterocycles. The van der Waals surface area contributed by atoms with Crippen LogP contribution in [0.4, 0.5) is 0 Å². The number of carbonyl (C=O) groups is 3. The first-order chi connectivity index (χ1) is 13.8. The van der Waals surface area contributed by atoms with E-state index in [9.17, 15) is 19.5 Å². The molecule has 0 spiro atoms. The van der Waals surface area contributed by atoms with Crippen molar-refractivity contribution in [3.8, 4) is 28.7 Å². The predicted octanol–water partition coefficient (Wildman–Crippen LogP) is 2.69. The molecule has 8 heteroatoms. The van der Waals surface area contributed by atoms with Gasteiger partial charge in [-0.05, 0) is 24.1 Å². The number of ether oxygens (including phenoxy) is 4. The third kappa shape index (κ3) is 4.48. The molecule has 0 fully saturated rings. The molecule has 29 heavy (non-hydrogen) atoms. The number of carbonyl (C=O) groups excluding carboxylic acids is 3. The van der Waals surface area contributed by atoms with Gasteiger partial charge in [0.15, 0.2) is 17.3 Å². The van der Waals surface area contributed by atoms with E-state index in [1.54, 1.807) is 12.1 Å². The number of phenols is 1. The number of aromatic hydroxyl groups is 1. The summed E-state index contributed by atoms with van der Waals surface area (Å²) in [5.74, 6) is -1.44. The normalized spacial score (nSPS) is 15.1. The Labute approximate surface area is 167 Å². The molecule has 2 aromatic carbocycles. The molecule has 0 bridgehead atoms. The molecule has 8 nitrogen and oxygen atoms in total. The van der Waals surface area contributed by atoms with Crippen molar-refractivity contribution in [2.24, 2.45) is 5.92 Å². The number of Topliss-reactive ketones (excluding diaryl/α,β-unsaturated/α-hetero) is 1. The second kappa shape index (κ2) is 8.22. The maximum atomic E-state index is 13.1. The summed E-state index contributed by atoms with van der Waals surface area (Å²) in [5.41, 5.74) is 0.837. The van der Waals surface area contributed by atoms with Crippen molar-refractivity contribution < 1.29 is 38.4 Å². The fraction of sp³-hybridized carbons (Fsp3) is 0.286. The van der Waals surface area contributed by atoms with Gasteiger partial charge in [-0.15, -0.1) is 0 Å². The first kappa shape index (κ1) is 20.2. The Morgan fingerprint density at radius 3 is 2.45 bits per heavy atom. The lowest BCUT2D eigenvalue weighted by Gasteiger charge is -2.26. The minimum atomic E-state index is -0.623. The molecule has 0 unspecified atom stereocenters. The van der Waals surface area contributed by atoms with Crippen molar-refractivity contribution in [2.45, 2.75) is 20.3 Å². The lowest BCUT2D eigenvalue weighted by molar-refractivity contribution is -0.132. The highest BCUT2D eigenvalue weighted by atomic mass is 16.5. The maximum absolute atomic E-state index is 13.1. The average molecular weight is 400 g/mol. The van der Waals surface area contributed by atoms with Gasteiger partial charge in [0.2, 0.25) is 0 Å². The highest BCUT2D eigenvalue weighted by Crippen LogP contribution is 2.40. The van der Waals surface area contributed by atoms with Crippen LogP contribution >= 0.6 is 0 Å². The fourth-order valence-electron chi connectivity index (χ4n) is 3.15. The first-order valence-corrected chi connectivity index (χ1v) is 8.86. The summed E-state index contributed by atoms with van der Waals surface area (Å²) in [6.45, 7) is 2.52. The van der Waals surface area contributed by atoms with E-state index in [0.717, 1.165) is 5.56 Å². The Morgan fingerprint density at radius 2 is 1.83 bits per heavy atom. The zero-order valence-corrected chi connectivity index (χ0v) is 16.2. The number of ketones is 1. The van der Waals surface area contributed by atoms with Crippen LogP contribution in [0.2, 0.25) is 0 Å². The lowest BCUT2D eigenvalue weighted by Crippen LogP contribution is -2.30. The summed E-state index contributed by atoms with van der Waals surface area (Å²) in [6.07, 6.45) is 0.307. The number of hydrogen-bond donors (Lipinski definition) is 1. The van der Waals surface area contributed by atoms with Crippen molar-refractivity contribution >= 4 is 17.7 Å². The fourth-order valence-corrected chi connectivity index (χ4v) is 3.15. The minimum Gasteiger partial charge on any atom is -0.504 e. The summed E-state index contributed by atoms with van der Waals surface area (Å²) in [6, 6.07) is 7.61. The summed E-state index contributed by atoms with van der Waals surface area (Å²) >= 11 is 0. The molecule has 0 aromatic heterocycles. The van der Waals surface area contributed by atoms with E-state index in [1.807, 2.05) is 0 Å². The topological polar surface area (TPSA) is 108 Å². The van der Waals surface area contributed by atoms with Crippen molar-refractivity contribution in [1.29, 1.82) is 0 Å². The van der Waals surface area contributed by atoms with E-state index in [1.165, 1.54) is 39.2 Å². The van der Waals surface area contributed by atoms with Crippen LogP contribution in [0, 0.1) is 5.92 Å². The van der Waals surface area contributed by atoms with Gasteiger partial charge in [0.05, 0.1) is 19.6 Å². The summed E-state index contributed by atoms with van der Waals surface area (Å²) in [4.78, 5) is 35.8. The van der Waals surface area contributed by atoms with Crippen LogP contribution in [0.1, 0.15) is 29.8 Å². The van der Waals surface area contributed by atoms with Crippen molar-refractivity contribution in [3.05, 3.63) is 41.5 Å². The summed E-state index contributed by atoms with van der Waals surface area (Å²) < 4.78 is 20.9. The van der Waals surface area contributed by atoms with Gasteiger partial charge < -0.3 is 24.1 Å². The smallest absolute Gasteiger partial charge is 0.308 e. The number of phenolic OH excluding ortho intramolecular Hbond substituents is 1. The summed E-state index contributed by atoms with van der Waals surface area (Å²) in [5, 5.41) is 9.95. The zero-order valence-electron chi connectivity index (χ0n) is 16.2. The molecule has 3 rings (SSSR count). The summed E-state index contributed by atoms with van der Waals surface area (Å²) in [7, 11) is 1.45. The van der Waals surface area contributed by atoms with Crippen LogP contribution in [-0.4, -0.2) is 36.5 Å². The van der Waals surface area contributed by atoms with Crippen LogP contribution in [0.25, 0.3) is 0 Å². The Hall–Kier alpha value is -3.55. The molecule has 0 amide bonds. The van der Waals surface area contributed by atoms with E-state index >= 15 is 0 Å². The largest absolute Gasteiger partial charge is 0.504 e. The van der Waals surface area contributed by atoms with E-state index in [-0.39, 0.29) is 41.0 Å². The van der Waals surface area contributed by atoms with Crippen LogP contribution < -0.4 is 18.9 Å². The number of hydrogen-bond acceptors (Lipinski definition) is 8. The number of benzene rings is 2. The van der Waals surface area contributed by atoms with Gasteiger partial charge in [0, 0.05) is 26.0 Å². The Bertz CT molecular complexity index is 979. The monoisotopic (exact) mass is 400 g/mol. The van der Waals surface area contributed by atoms with Crippen LogP contribution in [0.15, 0.2) is 30.3 Å². The highest BCUT2D eigenvalue weighted by molar-refractivity contribution is 6.04. The average Bonchev–Trinajstić information content (AvgIpc) is 2.63. The zero-order chi connectivity index (χ0) is 21.1. The van der Waals surface area contributed by atoms with Gasteiger partial charge in [-0.1, -0.05) is 6.07 Å². The molecule has 1 aliphatic rings. The lowest BCUT2D eigenvalue weighted by atomic mass is 9.89. The molecule has 1 heterocycles. The van der Waals surface area contributed by atoms with Gasteiger partial charge in [0.25, 0.3) is 0 Å². The number of rotatable bonds is 5. The molecule has 1 aliphatic heterocycles. The molecule has 0 aliphatic carbocycles. The quantitative estimate of drug-likeness (QED) is 0.603. The molecule has 0 saturated carbocycles. The van der Waals surface area contributed by atoms with Crippen molar-refractivity contribution in [3.63, 3.8) is 0 Å². The molecule has 152 valence electrons. The van der Waals surface area contributed by atoms with E-state index in [0.29, 0.717) is 12.2 Å². The standard InChI is InChI=1S/C21H20O8/c1-11(22)28-15-8-18-20(19(9-15)29-12(2)23)21(25)14(10-27-18)6-13-4-5-17(26-3)16(24)7-13/h4-5,7-9,14,24H,6,10H2,1-3H3/t14-/m0/s1. The minimum absolute atomic E-state index is 0.0267. The van der Waals surface area contributed by atoms with Gasteiger partial charge in [-0.3, -0.25) is 14.4 Å². The highest BCUT2D eigenvalue weighted by Gasteiger charge is 2.33. The molecule has 1 atom stereocenters. The molecular formula is C21H20O8. The molecule has 0 radical (unpaired) electrons. The van der Waals surface area contributed by atoms with Crippen LogP contribution in [0.3, 0.4) is 0 Å². The molecule has 1 N–H and O–H groups in total. The first-order valence-electron chi connectivity index (χ1n) is 8.86. The van der Waals surface area contributed by atoms with Crippen molar-refractivity contribution in [1.82, 2.24) is 0 Å². The van der Waals surface area contributed by atoms with Gasteiger partial charge in [-0.25, -0.2) is 0 Å². The third-order valence-electron chi connectivity index (χ3n) is 4.34. The van der Waals surface area contributed by atoms with Crippen LogP contribution in [0.5, 0.6) is 28.7 Å². The SMILES string of the molecule is COc1ccc(C[C@H]2COc3cc(OC(C)=O)cc(OC(C)=O)c3C2=O)cc1O. The van der Waals surface area contributed by atoms with E-state index in [4.69, 9.17) is 18.9 Å². The van der Waals surface area contributed by atoms with Gasteiger partial charge >= 0.3 is 11.9 Å². The van der Waals surface area contributed by atoms with Crippen LogP contribution in [-0.2, 0) is 16.0 Å². The third-order valence-corrected chi connectivity index (χ3v) is 4.34. The second-order valence-electron chi connectivity index (χ2n) is 6.56. The predicted molar refractivity (Wildman–Crippen MR) is 101 cm³/mol. The molecular weight excluding hydrogens is 380 g/mol. The second-order valence-corrected chi connectivity index (χ2v) is 6.56. The number of methoxy groups -OCH3 is 1. The van der Waals surface area contributed by atoms with E-state index in [2.05, 4.69) is 0 Å². The van der Waals surface area contributed by atoms with E-state index < -0.39 is 17.9 Å². The van der Waals surface area contributed by atoms with Gasteiger partial charge in [0.1, 0.15) is 22.8 Å². The van der Waals surface area contributed by atoms with Crippen molar-refractivity contribution in [2.75, 3.05) is 13.7 Å². The number of esters is 2. The van der Waals surface area contributed by atoms with Gasteiger partial charge in [-0.2, -0.15) is 0 Å². The maximum Gasteiger partial charge on any atom is 0.308 e.